The molecule has 1 atom stereocenters. The summed E-state index contributed by atoms with van der Waals surface area (Å²) >= 11 is 10.9. The first-order chi connectivity index (χ1) is 8.49. The molecule has 1 unspecified atom stereocenters. The molecule has 2 N–H and O–H groups in total. The zero-order valence-electron chi connectivity index (χ0n) is 9.85. The zero-order valence-corrected chi connectivity index (χ0v) is 11.4. The second-order valence-electron chi connectivity index (χ2n) is 4.16. The van der Waals surface area contributed by atoms with Gasteiger partial charge in [0.25, 0.3) is 5.91 Å². The van der Waals surface area contributed by atoms with E-state index in [1.165, 1.54) is 0 Å². The van der Waals surface area contributed by atoms with Gasteiger partial charge in [0.1, 0.15) is 10.7 Å². The van der Waals surface area contributed by atoms with Gasteiger partial charge < -0.3 is 15.4 Å². The fourth-order valence-electron chi connectivity index (χ4n) is 1.80. The van der Waals surface area contributed by atoms with Gasteiger partial charge in [0.15, 0.2) is 6.10 Å². The normalized spacial score (nSPS) is 19.1. The van der Waals surface area contributed by atoms with E-state index in [2.05, 4.69) is 0 Å². The zero-order chi connectivity index (χ0) is 13.3. The maximum atomic E-state index is 11.7. The van der Waals surface area contributed by atoms with E-state index in [-0.39, 0.29) is 10.9 Å². The lowest BCUT2D eigenvalue weighted by molar-refractivity contribution is -0.132. The van der Waals surface area contributed by atoms with Crippen LogP contribution in [0.1, 0.15) is 12.0 Å². The lowest BCUT2D eigenvalue weighted by Crippen LogP contribution is -2.29. The molecule has 2 rings (SSSR count). The first-order valence-electron chi connectivity index (χ1n) is 5.50. The Hall–Kier alpha value is -1.33. The maximum absolute atomic E-state index is 11.7. The van der Waals surface area contributed by atoms with E-state index in [4.69, 9.17) is 34.3 Å². The van der Waals surface area contributed by atoms with Gasteiger partial charge in [-0.15, -0.1) is 0 Å². The third kappa shape index (κ3) is 2.57. The third-order valence-corrected chi connectivity index (χ3v) is 3.40. The first kappa shape index (κ1) is 13.1. The highest BCUT2D eigenvalue weighted by atomic mass is 35.5. The van der Waals surface area contributed by atoms with Gasteiger partial charge in [-0.05, 0) is 18.2 Å². The molecule has 18 heavy (non-hydrogen) atoms. The lowest BCUT2D eigenvalue weighted by Gasteiger charge is -2.14. The monoisotopic (exact) mass is 284 g/mol. The van der Waals surface area contributed by atoms with Crippen molar-refractivity contribution < 1.29 is 9.53 Å². The fraction of sp³-hybridized carbons (Fsp3) is 0.333. The van der Waals surface area contributed by atoms with Crippen LogP contribution in [0, 0.1) is 0 Å². The molecule has 0 spiro atoms. The average molecular weight is 285 g/mol. The van der Waals surface area contributed by atoms with Gasteiger partial charge >= 0.3 is 0 Å². The Bertz CT molecular complexity index is 507. The van der Waals surface area contributed by atoms with E-state index in [1.807, 2.05) is 0 Å². The fourth-order valence-corrected chi connectivity index (χ4v) is 2.15. The Labute approximate surface area is 116 Å². The quantitative estimate of drug-likeness (QED) is 0.857. The van der Waals surface area contributed by atoms with Gasteiger partial charge in [-0.25, -0.2) is 0 Å². The van der Waals surface area contributed by atoms with Crippen molar-refractivity contribution in [3.63, 3.8) is 0 Å². The van der Waals surface area contributed by atoms with Crippen molar-refractivity contribution in [1.29, 1.82) is 0 Å². The predicted octanol–water partition coefficient (Wildman–Crippen LogP) is 1.58. The number of likely N-dealkylation sites (N-methyl/N-ethyl adjacent to an activating group) is 1. The summed E-state index contributed by atoms with van der Waals surface area (Å²) in [5, 5.41) is 0.405. The van der Waals surface area contributed by atoms with Crippen LogP contribution in [0.15, 0.2) is 18.2 Å². The summed E-state index contributed by atoms with van der Waals surface area (Å²) in [6.07, 6.45) is 0.214. The number of nitrogens with zero attached hydrogens (tertiary/aromatic N) is 1. The van der Waals surface area contributed by atoms with E-state index in [9.17, 15) is 4.79 Å². The van der Waals surface area contributed by atoms with Crippen molar-refractivity contribution in [2.75, 3.05) is 13.6 Å². The van der Waals surface area contributed by atoms with E-state index in [0.29, 0.717) is 29.3 Å². The number of carbonyl (C=O) groups is 1. The second kappa shape index (κ2) is 5.12. The van der Waals surface area contributed by atoms with E-state index >= 15 is 0 Å². The van der Waals surface area contributed by atoms with Gasteiger partial charge in [0.05, 0.1) is 5.02 Å². The Kier molecular flexibility index (Phi) is 3.73. The van der Waals surface area contributed by atoms with Gasteiger partial charge in [-0.2, -0.15) is 0 Å². The minimum atomic E-state index is -0.455. The highest BCUT2D eigenvalue weighted by Gasteiger charge is 2.31. The molecule has 96 valence electrons. The van der Waals surface area contributed by atoms with Crippen molar-refractivity contribution in [1.82, 2.24) is 4.90 Å². The van der Waals surface area contributed by atoms with Gasteiger partial charge in [-0.3, -0.25) is 4.79 Å². The molecule has 0 bridgehead atoms. The molecule has 0 saturated carbocycles. The summed E-state index contributed by atoms with van der Waals surface area (Å²) in [4.78, 5) is 13.6. The van der Waals surface area contributed by atoms with Crippen molar-refractivity contribution in [3.05, 3.63) is 28.8 Å². The van der Waals surface area contributed by atoms with Crippen molar-refractivity contribution in [2.45, 2.75) is 12.5 Å². The van der Waals surface area contributed by atoms with Gasteiger partial charge in [-0.1, -0.05) is 23.8 Å². The smallest absolute Gasteiger partial charge is 0.263 e. The van der Waals surface area contributed by atoms with E-state index in [0.717, 1.165) is 0 Å². The molecule has 1 saturated heterocycles. The summed E-state index contributed by atoms with van der Waals surface area (Å²) in [5.74, 6) is 0.454. The number of halogens is 1. The number of rotatable bonds is 3. The number of thiocarbonyl (C=S) groups is 1. The van der Waals surface area contributed by atoms with Gasteiger partial charge in [0, 0.05) is 25.6 Å². The molecule has 1 aliphatic heterocycles. The highest BCUT2D eigenvalue weighted by molar-refractivity contribution is 7.80. The Balaban J connectivity index is 2.15. The topological polar surface area (TPSA) is 55.6 Å². The average Bonchev–Trinajstić information content (AvgIpc) is 2.63. The Morgan fingerprint density at radius 3 is 2.83 bits per heavy atom. The molecule has 1 fully saturated rings. The second-order valence-corrected chi connectivity index (χ2v) is 5.01. The highest BCUT2D eigenvalue weighted by Crippen LogP contribution is 2.28. The number of likely N-dealkylation sites (tertiary alicyclic amines) is 1. The van der Waals surface area contributed by atoms with Gasteiger partial charge in [0.2, 0.25) is 0 Å². The molecular weight excluding hydrogens is 272 g/mol. The number of amides is 1. The molecule has 4 nitrogen and oxygen atoms in total. The van der Waals surface area contributed by atoms with Crippen molar-refractivity contribution in [2.24, 2.45) is 5.73 Å². The van der Waals surface area contributed by atoms with Crippen molar-refractivity contribution >= 4 is 34.7 Å². The van der Waals surface area contributed by atoms with Crippen LogP contribution in [-0.4, -0.2) is 35.5 Å². The van der Waals surface area contributed by atoms with Crippen LogP contribution in [0.5, 0.6) is 5.75 Å². The number of carbonyl (C=O) groups excluding carboxylic acids is 1. The van der Waals surface area contributed by atoms with Crippen LogP contribution >= 0.6 is 23.8 Å². The minimum Gasteiger partial charge on any atom is -0.479 e. The largest absolute Gasteiger partial charge is 0.479 e. The summed E-state index contributed by atoms with van der Waals surface area (Å²) in [5.41, 5.74) is 6.19. The van der Waals surface area contributed by atoms with Crippen molar-refractivity contribution in [3.8, 4) is 5.75 Å². The van der Waals surface area contributed by atoms with Crippen LogP contribution in [0.4, 0.5) is 0 Å². The molecular formula is C12H13ClN2O2S. The predicted molar refractivity (Wildman–Crippen MR) is 74.0 cm³/mol. The molecule has 0 aromatic heterocycles. The first-order valence-corrected chi connectivity index (χ1v) is 6.28. The minimum absolute atomic E-state index is 0.0236. The Morgan fingerprint density at radius 1 is 1.61 bits per heavy atom. The number of benzene rings is 1. The molecule has 6 heteroatoms. The van der Waals surface area contributed by atoms with Crippen LogP contribution in [0.25, 0.3) is 0 Å². The molecule has 1 aromatic carbocycles. The molecule has 0 aliphatic carbocycles. The number of hydrogen-bond acceptors (Lipinski definition) is 3. The SMILES string of the molecule is CN1CCC(Oc2ccc(C(N)=S)cc2Cl)C1=O. The van der Waals surface area contributed by atoms with Crippen LogP contribution in [0.2, 0.25) is 5.02 Å². The lowest BCUT2D eigenvalue weighted by atomic mass is 10.2. The maximum Gasteiger partial charge on any atom is 0.263 e. The van der Waals surface area contributed by atoms with E-state index in [1.54, 1.807) is 30.1 Å². The summed E-state index contributed by atoms with van der Waals surface area (Å²) in [6.45, 7) is 0.700. The van der Waals surface area contributed by atoms with Crippen LogP contribution in [0.3, 0.4) is 0 Å². The number of nitrogens with two attached hydrogens (primary N) is 1. The van der Waals surface area contributed by atoms with Crippen LogP contribution < -0.4 is 10.5 Å². The molecule has 1 heterocycles. The standard InChI is InChI=1S/C12H13ClN2O2S/c1-15-5-4-10(12(15)16)17-9-3-2-7(11(14)18)6-8(9)13/h2-3,6,10H,4-5H2,1H3,(H2,14,18). The summed E-state index contributed by atoms with van der Waals surface area (Å²) < 4.78 is 5.62. The Morgan fingerprint density at radius 2 is 2.33 bits per heavy atom. The van der Waals surface area contributed by atoms with Crippen LogP contribution in [-0.2, 0) is 4.79 Å². The summed E-state index contributed by atoms with van der Waals surface area (Å²) in [6, 6.07) is 5.05. The summed E-state index contributed by atoms with van der Waals surface area (Å²) in [7, 11) is 1.75. The molecule has 1 aliphatic rings. The molecule has 1 amide bonds. The third-order valence-electron chi connectivity index (χ3n) is 2.86. The molecule has 1 aromatic rings. The van der Waals surface area contributed by atoms with E-state index < -0.39 is 6.10 Å². The number of ether oxygens (including phenoxy) is 1. The molecule has 0 radical (unpaired) electrons. The number of hydrogen-bond donors (Lipinski definition) is 1.